The highest BCUT2D eigenvalue weighted by atomic mass is 16.5. The molecule has 1 aromatic heterocycles. The summed E-state index contributed by atoms with van der Waals surface area (Å²) in [6.07, 6.45) is 11.0. The molecule has 0 bridgehead atoms. The number of anilines is 1. The number of pyridine rings is 1. The second-order valence-electron chi connectivity index (χ2n) is 9.08. The number of hydrogen-bond acceptors (Lipinski definition) is 6. The lowest BCUT2D eigenvalue weighted by Crippen LogP contribution is -2.51. The van der Waals surface area contributed by atoms with E-state index in [1.54, 1.807) is 18.5 Å². The molecule has 2 atom stereocenters. The van der Waals surface area contributed by atoms with Gasteiger partial charge in [-0.25, -0.2) is 0 Å². The van der Waals surface area contributed by atoms with E-state index in [0.29, 0.717) is 29.4 Å². The van der Waals surface area contributed by atoms with Crippen molar-refractivity contribution in [2.24, 2.45) is 11.3 Å². The molecule has 2 fully saturated rings. The Hall–Kier alpha value is -1.79. The Kier molecular flexibility index (Phi) is 6.83. The van der Waals surface area contributed by atoms with Gasteiger partial charge >= 0.3 is 0 Å². The lowest BCUT2D eigenvalue weighted by atomic mass is 9.73. The molecule has 2 aliphatic carbocycles. The molecule has 6 nitrogen and oxygen atoms in total. The third-order valence-corrected chi connectivity index (χ3v) is 6.34. The highest BCUT2D eigenvalue weighted by Gasteiger charge is 2.33. The van der Waals surface area contributed by atoms with E-state index in [1.165, 1.54) is 32.6 Å². The third-order valence-electron chi connectivity index (χ3n) is 6.34. The standard InChI is InChI=1S/C22H34N4O2/c1-15(27)21(23)17-8-11-24-13-19(17)26-14-28-20-5-4-18(20)25-12-16-6-9-22(2,3)10-7-16/h8,11,13,16,18,20,23,25-26H,4-7,9-10,12,14H2,1-3H3. The van der Waals surface area contributed by atoms with Gasteiger partial charge in [-0.05, 0) is 62.5 Å². The summed E-state index contributed by atoms with van der Waals surface area (Å²) in [5.74, 6) is 0.535. The van der Waals surface area contributed by atoms with E-state index < -0.39 is 0 Å². The fourth-order valence-corrected chi connectivity index (χ4v) is 4.05. The lowest BCUT2D eigenvalue weighted by Gasteiger charge is -2.39. The third kappa shape index (κ3) is 5.39. The zero-order chi connectivity index (χ0) is 20.1. The lowest BCUT2D eigenvalue weighted by molar-refractivity contribution is -0.111. The Morgan fingerprint density at radius 3 is 2.68 bits per heavy atom. The number of nitrogens with one attached hydrogen (secondary N) is 3. The van der Waals surface area contributed by atoms with Crippen LogP contribution in [-0.2, 0) is 9.53 Å². The largest absolute Gasteiger partial charge is 0.361 e. The first kappa shape index (κ1) is 20.9. The van der Waals surface area contributed by atoms with Crippen LogP contribution >= 0.6 is 0 Å². The van der Waals surface area contributed by atoms with Gasteiger partial charge in [0, 0.05) is 24.7 Å². The van der Waals surface area contributed by atoms with Gasteiger partial charge in [-0.15, -0.1) is 0 Å². The van der Waals surface area contributed by atoms with E-state index in [1.807, 2.05) is 0 Å². The van der Waals surface area contributed by atoms with E-state index in [9.17, 15) is 4.79 Å². The zero-order valence-corrected chi connectivity index (χ0v) is 17.4. The van der Waals surface area contributed by atoms with Gasteiger partial charge in [0.05, 0.1) is 18.0 Å². The summed E-state index contributed by atoms with van der Waals surface area (Å²) in [7, 11) is 0. The number of carbonyl (C=O) groups excluding carboxylic acids is 1. The number of hydrogen-bond donors (Lipinski definition) is 3. The molecule has 2 saturated carbocycles. The van der Waals surface area contributed by atoms with Crippen molar-refractivity contribution in [1.82, 2.24) is 10.3 Å². The molecule has 1 aromatic rings. The van der Waals surface area contributed by atoms with Crippen LogP contribution in [-0.4, -0.2) is 41.9 Å². The second-order valence-corrected chi connectivity index (χ2v) is 9.08. The van der Waals surface area contributed by atoms with Crippen molar-refractivity contribution < 1.29 is 9.53 Å². The van der Waals surface area contributed by atoms with Gasteiger partial charge in [-0.3, -0.25) is 15.2 Å². The SMILES string of the molecule is CC(=O)C(=N)c1ccncc1NCOC1CCC1NCC1CCC(C)(C)CC1. The van der Waals surface area contributed by atoms with E-state index >= 15 is 0 Å². The first-order valence-corrected chi connectivity index (χ1v) is 10.5. The summed E-state index contributed by atoms with van der Waals surface area (Å²) in [6.45, 7) is 7.61. The smallest absolute Gasteiger partial charge is 0.178 e. The van der Waals surface area contributed by atoms with Gasteiger partial charge in [0.2, 0.25) is 0 Å². The maximum absolute atomic E-state index is 11.5. The van der Waals surface area contributed by atoms with Crippen LogP contribution in [0, 0.1) is 16.7 Å². The van der Waals surface area contributed by atoms with E-state index in [4.69, 9.17) is 10.1 Å². The van der Waals surface area contributed by atoms with Crippen LogP contribution in [0.4, 0.5) is 5.69 Å². The number of Topliss-reactive ketones (excluding diaryl/α,β-unsaturated/α-hetero) is 1. The number of nitrogens with zero attached hydrogens (tertiary/aromatic N) is 1. The van der Waals surface area contributed by atoms with Crippen LogP contribution in [0.2, 0.25) is 0 Å². The minimum Gasteiger partial charge on any atom is -0.361 e. The van der Waals surface area contributed by atoms with Gasteiger partial charge in [0.25, 0.3) is 0 Å². The Morgan fingerprint density at radius 2 is 2.04 bits per heavy atom. The average molecular weight is 387 g/mol. The Morgan fingerprint density at radius 1 is 1.29 bits per heavy atom. The molecule has 28 heavy (non-hydrogen) atoms. The molecular formula is C22H34N4O2. The summed E-state index contributed by atoms with van der Waals surface area (Å²) in [6, 6.07) is 2.12. The molecule has 154 valence electrons. The monoisotopic (exact) mass is 386 g/mol. The molecule has 0 aromatic carbocycles. The fourth-order valence-electron chi connectivity index (χ4n) is 4.05. The Labute approximate surface area is 168 Å². The molecule has 0 amide bonds. The first-order chi connectivity index (χ1) is 13.4. The van der Waals surface area contributed by atoms with Crippen LogP contribution in [0.3, 0.4) is 0 Å². The normalized spacial score (nSPS) is 24.4. The van der Waals surface area contributed by atoms with Crippen molar-refractivity contribution in [2.45, 2.75) is 71.4 Å². The number of aromatic nitrogens is 1. The average Bonchev–Trinajstić information content (AvgIpc) is 2.65. The molecule has 3 rings (SSSR count). The van der Waals surface area contributed by atoms with Gasteiger partial charge in [-0.2, -0.15) is 0 Å². The highest BCUT2D eigenvalue weighted by Crippen LogP contribution is 2.38. The Balaban J connectivity index is 1.40. The number of carbonyl (C=O) groups is 1. The van der Waals surface area contributed by atoms with Crippen molar-refractivity contribution in [3.05, 3.63) is 24.0 Å². The van der Waals surface area contributed by atoms with Crippen LogP contribution in [0.5, 0.6) is 0 Å². The van der Waals surface area contributed by atoms with E-state index in [2.05, 4.69) is 29.5 Å². The van der Waals surface area contributed by atoms with Crippen molar-refractivity contribution in [3.8, 4) is 0 Å². The molecule has 6 heteroatoms. The molecule has 0 spiro atoms. The zero-order valence-electron chi connectivity index (χ0n) is 17.4. The summed E-state index contributed by atoms with van der Waals surface area (Å²) in [5, 5.41) is 14.8. The second kappa shape index (κ2) is 9.14. The van der Waals surface area contributed by atoms with Crippen molar-refractivity contribution in [1.29, 1.82) is 5.41 Å². The molecule has 1 heterocycles. The predicted octanol–water partition coefficient (Wildman–Crippen LogP) is 3.76. The number of rotatable bonds is 9. The first-order valence-electron chi connectivity index (χ1n) is 10.5. The van der Waals surface area contributed by atoms with Crippen molar-refractivity contribution >= 4 is 17.2 Å². The summed E-state index contributed by atoms with van der Waals surface area (Å²) < 4.78 is 6.01. The molecule has 3 N–H and O–H groups in total. The topological polar surface area (TPSA) is 87.1 Å². The molecule has 0 radical (unpaired) electrons. The minimum atomic E-state index is -0.260. The minimum absolute atomic E-state index is 0.0104. The molecule has 2 aliphatic rings. The van der Waals surface area contributed by atoms with Crippen LogP contribution in [0.25, 0.3) is 0 Å². The quantitative estimate of drug-likeness (QED) is 0.444. The van der Waals surface area contributed by atoms with Gasteiger partial charge in [0.1, 0.15) is 12.4 Å². The fraction of sp³-hybridized carbons (Fsp3) is 0.682. The number of ketones is 1. The van der Waals surface area contributed by atoms with Gasteiger partial charge < -0.3 is 15.4 Å². The molecular weight excluding hydrogens is 352 g/mol. The highest BCUT2D eigenvalue weighted by molar-refractivity contribution is 6.45. The maximum Gasteiger partial charge on any atom is 0.178 e. The van der Waals surface area contributed by atoms with Crippen LogP contribution in [0.1, 0.15) is 64.9 Å². The summed E-state index contributed by atoms with van der Waals surface area (Å²) in [5.41, 5.74) is 1.74. The van der Waals surface area contributed by atoms with Gasteiger partial charge in [0.15, 0.2) is 5.78 Å². The predicted molar refractivity (Wildman–Crippen MR) is 112 cm³/mol. The molecule has 0 aliphatic heterocycles. The van der Waals surface area contributed by atoms with Crippen molar-refractivity contribution in [3.63, 3.8) is 0 Å². The summed E-state index contributed by atoms with van der Waals surface area (Å²) >= 11 is 0. The van der Waals surface area contributed by atoms with Crippen molar-refractivity contribution in [2.75, 3.05) is 18.6 Å². The maximum atomic E-state index is 11.5. The van der Waals surface area contributed by atoms with Crippen LogP contribution < -0.4 is 10.6 Å². The molecule has 2 unspecified atom stereocenters. The van der Waals surface area contributed by atoms with Crippen LogP contribution in [0.15, 0.2) is 18.5 Å². The molecule has 0 saturated heterocycles. The Bertz CT molecular complexity index is 694. The van der Waals surface area contributed by atoms with Gasteiger partial charge in [-0.1, -0.05) is 13.8 Å². The van der Waals surface area contributed by atoms with E-state index in [0.717, 1.165) is 25.3 Å². The van der Waals surface area contributed by atoms with E-state index in [-0.39, 0.29) is 17.6 Å². The summed E-state index contributed by atoms with van der Waals surface area (Å²) in [4.78, 5) is 15.6. The number of ether oxygens (including phenoxy) is 1.